The van der Waals surface area contributed by atoms with E-state index in [-0.39, 0.29) is 0 Å². The zero-order chi connectivity index (χ0) is 10.5. The first-order valence-corrected chi connectivity index (χ1v) is 6.18. The molecular weight excluding hydrogens is 184 g/mol. The van der Waals surface area contributed by atoms with Gasteiger partial charge in [0, 0.05) is 19.1 Å². The molecule has 1 fully saturated rings. The van der Waals surface area contributed by atoms with E-state index in [1.54, 1.807) is 0 Å². The SMILES string of the molecule is CCN1CCC(N2CC=CC=CC2)CC1. The molecule has 0 aromatic carbocycles. The maximum atomic E-state index is 2.60. The Bertz CT molecular complexity index is 223. The maximum Gasteiger partial charge on any atom is 0.0172 e. The number of hydrogen-bond acceptors (Lipinski definition) is 2. The van der Waals surface area contributed by atoms with E-state index in [4.69, 9.17) is 0 Å². The molecule has 0 amide bonds. The second kappa shape index (κ2) is 5.47. The number of likely N-dealkylation sites (tertiary alicyclic amines) is 1. The van der Waals surface area contributed by atoms with Gasteiger partial charge in [0.15, 0.2) is 0 Å². The molecule has 0 unspecified atom stereocenters. The van der Waals surface area contributed by atoms with Crippen molar-refractivity contribution >= 4 is 0 Å². The van der Waals surface area contributed by atoms with E-state index in [9.17, 15) is 0 Å². The Labute approximate surface area is 93.2 Å². The van der Waals surface area contributed by atoms with E-state index < -0.39 is 0 Å². The molecule has 2 rings (SSSR count). The highest BCUT2D eigenvalue weighted by Gasteiger charge is 2.22. The molecule has 1 saturated heterocycles. The molecule has 0 aromatic rings. The number of nitrogens with zero attached hydrogens (tertiary/aromatic N) is 2. The van der Waals surface area contributed by atoms with Gasteiger partial charge in [-0.25, -0.2) is 0 Å². The van der Waals surface area contributed by atoms with E-state index in [0.29, 0.717) is 0 Å². The fourth-order valence-electron chi connectivity index (χ4n) is 2.52. The summed E-state index contributed by atoms with van der Waals surface area (Å²) in [6.07, 6.45) is 11.6. The first-order chi connectivity index (χ1) is 7.40. The molecule has 0 spiro atoms. The Morgan fingerprint density at radius 1 is 1.07 bits per heavy atom. The predicted molar refractivity (Wildman–Crippen MR) is 65.0 cm³/mol. The van der Waals surface area contributed by atoms with Crippen LogP contribution >= 0.6 is 0 Å². The molecular formula is C13H22N2. The molecule has 2 heterocycles. The normalized spacial score (nSPS) is 25.7. The number of piperidine rings is 1. The van der Waals surface area contributed by atoms with Gasteiger partial charge in [-0.1, -0.05) is 31.2 Å². The molecule has 84 valence electrons. The lowest BCUT2D eigenvalue weighted by Gasteiger charge is -2.37. The average molecular weight is 206 g/mol. The molecule has 0 N–H and O–H groups in total. The molecule has 2 nitrogen and oxygen atoms in total. The van der Waals surface area contributed by atoms with Crippen LogP contribution < -0.4 is 0 Å². The van der Waals surface area contributed by atoms with E-state index in [1.807, 2.05) is 0 Å². The minimum absolute atomic E-state index is 0.806. The van der Waals surface area contributed by atoms with Crippen LogP contribution in [-0.4, -0.2) is 48.6 Å². The quantitative estimate of drug-likeness (QED) is 0.681. The minimum atomic E-state index is 0.806. The maximum absolute atomic E-state index is 2.60. The largest absolute Gasteiger partial charge is 0.303 e. The Kier molecular flexibility index (Phi) is 3.98. The Morgan fingerprint density at radius 3 is 2.20 bits per heavy atom. The number of rotatable bonds is 2. The van der Waals surface area contributed by atoms with E-state index >= 15 is 0 Å². The van der Waals surface area contributed by atoms with Gasteiger partial charge in [-0.3, -0.25) is 4.90 Å². The summed E-state index contributed by atoms with van der Waals surface area (Å²) in [4.78, 5) is 5.16. The minimum Gasteiger partial charge on any atom is -0.303 e. The van der Waals surface area contributed by atoms with Gasteiger partial charge >= 0.3 is 0 Å². The molecule has 2 aliphatic rings. The second-order valence-electron chi connectivity index (χ2n) is 4.48. The van der Waals surface area contributed by atoms with Gasteiger partial charge in [0.1, 0.15) is 0 Å². The summed E-state index contributed by atoms with van der Waals surface area (Å²) < 4.78 is 0. The Hall–Kier alpha value is -0.600. The molecule has 2 heteroatoms. The van der Waals surface area contributed by atoms with Crippen molar-refractivity contribution in [3.8, 4) is 0 Å². The van der Waals surface area contributed by atoms with Gasteiger partial charge in [-0.05, 0) is 32.5 Å². The molecule has 0 saturated carbocycles. The van der Waals surface area contributed by atoms with E-state index in [0.717, 1.165) is 19.1 Å². The second-order valence-corrected chi connectivity index (χ2v) is 4.48. The number of hydrogen-bond donors (Lipinski definition) is 0. The monoisotopic (exact) mass is 206 g/mol. The van der Waals surface area contributed by atoms with Gasteiger partial charge in [0.2, 0.25) is 0 Å². The summed E-state index contributed by atoms with van der Waals surface area (Å²) in [5.74, 6) is 0. The van der Waals surface area contributed by atoms with E-state index in [2.05, 4.69) is 41.0 Å². The fraction of sp³-hybridized carbons (Fsp3) is 0.692. The van der Waals surface area contributed by atoms with Gasteiger partial charge in [-0.15, -0.1) is 0 Å². The highest BCUT2D eigenvalue weighted by Crippen LogP contribution is 2.17. The summed E-state index contributed by atoms with van der Waals surface area (Å²) in [6, 6.07) is 0.806. The van der Waals surface area contributed by atoms with Crippen LogP contribution in [0.15, 0.2) is 24.3 Å². The van der Waals surface area contributed by atoms with Gasteiger partial charge in [0.05, 0.1) is 0 Å². The third kappa shape index (κ3) is 2.93. The Balaban J connectivity index is 1.84. The van der Waals surface area contributed by atoms with Crippen molar-refractivity contribution in [1.82, 2.24) is 9.80 Å². The topological polar surface area (TPSA) is 6.48 Å². The summed E-state index contributed by atoms with van der Waals surface area (Å²) in [7, 11) is 0. The van der Waals surface area contributed by atoms with Crippen molar-refractivity contribution in [3.63, 3.8) is 0 Å². The lowest BCUT2D eigenvalue weighted by atomic mass is 10.0. The van der Waals surface area contributed by atoms with Gasteiger partial charge in [0.25, 0.3) is 0 Å². The van der Waals surface area contributed by atoms with Crippen molar-refractivity contribution in [2.75, 3.05) is 32.7 Å². The smallest absolute Gasteiger partial charge is 0.0172 e. The summed E-state index contributed by atoms with van der Waals surface area (Å²) in [5, 5.41) is 0. The Morgan fingerprint density at radius 2 is 1.67 bits per heavy atom. The van der Waals surface area contributed by atoms with Crippen molar-refractivity contribution in [2.45, 2.75) is 25.8 Å². The number of allylic oxidation sites excluding steroid dienone is 2. The fourth-order valence-corrected chi connectivity index (χ4v) is 2.52. The summed E-state index contributed by atoms with van der Waals surface area (Å²) in [5.41, 5.74) is 0. The van der Waals surface area contributed by atoms with Crippen LogP contribution in [-0.2, 0) is 0 Å². The van der Waals surface area contributed by atoms with Crippen LogP contribution in [0.2, 0.25) is 0 Å². The standard InChI is InChI=1S/C13H22N2/c1-2-14-11-7-13(8-12-14)15-9-5-3-4-6-10-15/h3-6,13H,2,7-12H2,1H3. The zero-order valence-electron chi connectivity index (χ0n) is 9.73. The van der Waals surface area contributed by atoms with Crippen LogP contribution in [0.3, 0.4) is 0 Å². The van der Waals surface area contributed by atoms with Crippen LogP contribution in [0.5, 0.6) is 0 Å². The van der Waals surface area contributed by atoms with Crippen molar-refractivity contribution in [1.29, 1.82) is 0 Å². The third-order valence-corrected chi connectivity index (χ3v) is 3.58. The van der Waals surface area contributed by atoms with Crippen LogP contribution in [0, 0.1) is 0 Å². The molecule has 2 aliphatic heterocycles. The average Bonchev–Trinajstić information content (AvgIpc) is 2.58. The molecule has 0 aromatic heterocycles. The lowest BCUT2D eigenvalue weighted by Crippen LogP contribution is -2.44. The molecule has 0 bridgehead atoms. The third-order valence-electron chi connectivity index (χ3n) is 3.58. The van der Waals surface area contributed by atoms with Crippen molar-refractivity contribution in [2.24, 2.45) is 0 Å². The molecule has 0 radical (unpaired) electrons. The zero-order valence-corrected chi connectivity index (χ0v) is 9.73. The first kappa shape index (κ1) is 10.9. The highest BCUT2D eigenvalue weighted by atomic mass is 15.2. The molecule has 0 aliphatic carbocycles. The summed E-state index contributed by atoms with van der Waals surface area (Å²) in [6.45, 7) is 8.30. The van der Waals surface area contributed by atoms with Crippen molar-refractivity contribution < 1.29 is 0 Å². The molecule has 0 atom stereocenters. The molecule has 15 heavy (non-hydrogen) atoms. The van der Waals surface area contributed by atoms with Crippen LogP contribution in [0.4, 0.5) is 0 Å². The lowest BCUT2D eigenvalue weighted by molar-refractivity contribution is 0.130. The van der Waals surface area contributed by atoms with Gasteiger partial charge in [-0.2, -0.15) is 0 Å². The van der Waals surface area contributed by atoms with E-state index in [1.165, 1.54) is 32.5 Å². The first-order valence-electron chi connectivity index (χ1n) is 6.18. The predicted octanol–water partition coefficient (Wildman–Crippen LogP) is 1.90. The van der Waals surface area contributed by atoms with Gasteiger partial charge < -0.3 is 4.90 Å². The van der Waals surface area contributed by atoms with Crippen LogP contribution in [0.1, 0.15) is 19.8 Å². The van der Waals surface area contributed by atoms with Crippen LogP contribution in [0.25, 0.3) is 0 Å². The highest BCUT2D eigenvalue weighted by molar-refractivity contribution is 5.08. The summed E-state index contributed by atoms with van der Waals surface area (Å²) >= 11 is 0. The van der Waals surface area contributed by atoms with Crippen molar-refractivity contribution in [3.05, 3.63) is 24.3 Å².